The van der Waals surface area contributed by atoms with E-state index in [1.54, 1.807) is 0 Å². The molecular formula is C45H86O6. The zero-order valence-corrected chi connectivity index (χ0v) is 34.7. The molecule has 2 atom stereocenters. The van der Waals surface area contributed by atoms with Crippen LogP contribution in [-0.4, -0.2) is 37.2 Å². The molecule has 0 saturated carbocycles. The van der Waals surface area contributed by atoms with Gasteiger partial charge in [-0.15, -0.1) is 0 Å². The second-order valence-electron chi connectivity index (χ2n) is 16.1. The molecule has 0 aliphatic heterocycles. The molecule has 51 heavy (non-hydrogen) atoms. The minimum absolute atomic E-state index is 0.0660. The van der Waals surface area contributed by atoms with Crippen LogP contribution in [0.2, 0.25) is 0 Å². The molecule has 0 rings (SSSR count). The SMILES string of the molecule is CCCCCCCCCCCCCCC(=O)OC[C@@H](COC(=O)CCCCCCCCCCC(C)C)OC(=O)CCCCCCCCC(C)CC. The van der Waals surface area contributed by atoms with Crippen LogP contribution in [0.15, 0.2) is 0 Å². The summed E-state index contributed by atoms with van der Waals surface area (Å²) < 4.78 is 16.7. The molecule has 0 saturated heterocycles. The van der Waals surface area contributed by atoms with Crippen LogP contribution < -0.4 is 0 Å². The number of carbonyl (C=O) groups excluding carboxylic acids is 3. The van der Waals surface area contributed by atoms with Gasteiger partial charge in [0.1, 0.15) is 13.2 Å². The van der Waals surface area contributed by atoms with Gasteiger partial charge in [0, 0.05) is 19.3 Å². The van der Waals surface area contributed by atoms with Crippen molar-refractivity contribution in [3.63, 3.8) is 0 Å². The Morgan fingerprint density at radius 3 is 1.12 bits per heavy atom. The fraction of sp³-hybridized carbons (Fsp3) is 0.933. The van der Waals surface area contributed by atoms with Gasteiger partial charge in [-0.1, -0.05) is 202 Å². The highest BCUT2D eigenvalue weighted by Crippen LogP contribution is 2.17. The van der Waals surface area contributed by atoms with Crippen LogP contribution >= 0.6 is 0 Å². The van der Waals surface area contributed by atoms with Crippen LogP contribution in [-0.2, 0) is 28.6 Å². The fourth-order valence-electron chi connectivity index (χ4n) is 6.54. The Morgan fingerprint density at radius 2 is 0.745 bits per heavy atom. The van der Waals surface area contributed by atoms with E-state index in [1.807, 2.05) is 0 Å². The predicted molar refractivity (Wildman–Crippen MR) is 215 cm³/mol. The van der Waals surface area contributed by atoms with E-state index < -0.39 is 6.10 Å². The third-order valence-corrected chi connectivity index (χ3v) is 10.3. The Bertz CT molecular complexity index is 781. The lowest BCUT2D eigenvalue weighted by atomic mass is 10.00. The van der Waals surface area contributed by atoms with E-state index in [4.69, 9.17) is 14.2 Å². The molecule has 6 heteroatoms. The van der Waals surface area contributed by atoms with Gasteiger partial charge in [0.15, 0.2) is 6.10 Å². The second-order valence-corrected chi connectivity index (χ2v) is 16.1. The monoisotopic (exact) mass is 723 g/mol. The highest BCUT2D eigenvalue weighted by Gasteiger charge is 2.19. The van der Waals surface area contributed by atoms with Crippen LogP contribution in [0.1, 0.15) is 240 Å². The molecule has 302 valence electrons. The zero-order chi connectivity index (χ0) is 37.6. The molecule has 0 N–H and O–H groups in total. The van der Waals surface area contributed by atoms with Crippen molar-refractivity contribution in [3.05, 3.63) is 0 Å². The minimum atomic E-state index is -0.761. The van der Waals surface area contributed by atoms with Crippen molar-refractivity contribution in [3.8, 4) is 0 Å². The Balaban J connectivity index is 4.35. The number of unbranched alkanes of at least 4 members (excludes halogenated alkanes) is 23. The molecule has 0 aliphatic carbocycles. The predicted octanol–water partition coefficient (Wildman–Crippen LogP) is 13.8. The summed E-state index contributed by atoms with van der Waals surface area (Å²) in [5, 5.41) is 0. The number of ether oxygens (including phenoxy) is 3. The van der Waals surface area contributed by atoms with Crippen LogP contribution in [0.4, 0.5) is 0 Å². The van der Waals surface area contributed by atoms with Gasteiger partial charge in [-0.25, -0.2) is 0 Å². The molecule has 0 aromatic heterocycles. The van der Waals surface area contributed by atoms with Gasteiger partial charge >= 0.3 is 17.9 Å². The number of hydrogen-bond donors (Lipinski definition) is 0. The summed E-state index contributed by atoms with van der Waals surface area (Å²) in [6.07, 6.45) is 35.2. The number of esters is 3. The van der Waals surface area contributed by atoms with Gasteiger partial charge in [0.2, 0.25) is 0 Å². The zero-order valence-electron chi connectivity index (χ0n) is 34.7. The van der Waals surface area contributed by atoms with Crippen molar-refractivity contribution in [1.82, 2.24) is 0 Å². The third kappa shape index (κ3) is 38.0. The fourth-order valence-corrected chi connectivity index (χ4v) is 6.54. The summed E-state index contributed by atoms with van der Waals surface area (Å²) in [5.74, 6) is 0.743. The molecule has 0 aromatic carbocycles. The summed E-state index contributed by atoms with van der Waals surface area (Å²) in [6, 6.07) is 0. The van der Waals surface area contributed by atoms with E-state index in [-0.39, 0.29) is 31.1 Å². The maximum Gasteiger partial charge on any atom is 0.306 e. The van der Waals surface area contributed by atoms with Crippen LogP contribution in [0.25, 0.3) is 0 Å². The smallest absolute Gasteiger partial charge is 0.306 e. The highest BCUT2D eigenvalue weighted by atomic mass is 16.6. The van der Waals surface area contributed by atoms with Crippen molar-refractivity contribution in [1.29, 1.82) is 0 Å². The van der Waals surface area contributed by atoms with Crippen molar-refractivity contribution in [2.75, 3.05) is 13.2 Å². The van der Waals surface area contributed by atoms with E-state index in [9.17, 15) is 14.4 Å². The molecule has 0 fully saturated rings. The Kier molecular flexibility index (Phi) is 37.0. The largest absolute Gasteiger partial charge is 0.462 e. The topological polar surface area (TPSA) is 78.9 Å². The lowest BCUT2D eigenvalue weighted by Gasteiger charge is -2.18. The molecule has 0 bridgehead atoms. The van der Waals surface area contributed by atoms with Crippen molar-refractivity contribution >= 4 is 17.9 Å². The van der Waals surface area contributed by atoms with Crippen LogP contribution in [0, 0.1) is 11.8 Å². The first-order valence-electron chi connectivity index (χ1n) is 22.3. The van der Waals surface area contributed by atoms with Crippen molar-refractivity contribution in [2.45, 2.75) is 246 Å². The van der Waals surface area contributed by atoms with E-state index >= 15 is 0 Å². The first-order chi connectivity index (χ1) is 24.8. The first-order valence-corrected chi connectivity index (χ1v) is 22.3. The summed E-state index contributed by atoms with van der Waals surface area (Å²) >= 11 is 0. The summed E-state index contributed by atoms with van der Waals surface area (Å²) in [7, 11) is 0. The van der Waals surface area contributed by atoms with Gasteiger partial charge < -0.3 is 14.2 Å². The van der Waals surface area contributed by atoms with E-state index in [0.717, 1.165) is 69.6 Å². The van der Waals surface area contributed by atoms with Gasteiger partial charge in [-0.2, -0.15) is 0 Å². The highest BCUT2D eigenvalue weighted by molar-refractivity contribution is 5.71. The summed E-state index contributed by atoms with van der Waals surface area (Å²) in [6.45, 7) is 11.3. The average Bonchev–Trinajstić information content (AvgIpc) is 3.11. The summed E-state index contributed by atoms with van der Waals surface area (Å²) in [4.78, 5) is 37.6. The standard InChI is InChI=1S/C45H86O6/c1-6-8-9-10-11-12-13-14-15-19-25-30-35-43(46)49-38-42(51-45(48)37-32-27-22-21-24-29-34-41(5)7-2)39-50-44(47)36-31-26-20-17-16-18-23-28-33-40(3)4/h40-42H,6-39H2,1-5H3/t41?,42-/m0/s1. The van der Waals surface area contributed by atoms with Gasteiger partial charge in [-0.05, 0) is 31.1 Å². The molecule has 0 spiro atoms. The molecular weight excluding hydrogens is 636 g/mol. The quantitative estimate of drug-likeness (QED) is 0.0357. The van der Waals surface area contributed by atoms with Crippen LogP contribution in [0.3, 0.4) is 0 Å². The van der Waals surface area contributed by atoms with Crippen molar-refractivity contribution in [2.24, 2.45) is 11.8 Å². The normalized spacial score (nSPS) is 12.6. The summed E-state index contributed by atoms with van der Waals surface area (Å²) in [5.41, 5.74) is 0. The maximum atomic E-state index is 12.7. The van der Waals surface area contributed by atoms with Gasteiger partial charge in [0.05, 0.1) is 0 Å². The molecule has 1 unspecified atom stereocenters. The molecule has 0 radical (unpaired) electrons. The van der Waals surface area contributed by atoms with E-state index in [2.05, 4.69) is 34.6 Å². The first kappa shape index (κ1) is 49.4. The molecule has 0 aliphatic rings. The molecule has 0 heterocycles. The van der Waals surface area contributed by atoms with E-state index in [0.29, 0.717) is 19.3 Å². The Labute approximate surface area is 317 Å². The third-order valence-electron chi connectivity index (χ3n) is 10.3. The maximum absolute atomic E-state index is 12.7. The number of hydrogen-bond acceptors (Lipinski definition) is 6. The second kappa shape index (κ2) is 38.1. The van der Waals surface area contributed by atoms with E-state index in [1.165, 1.54) is 128 Å². The Hall–Kier alpha value is -1.59. The molecule has 0 amide bonds. The Morgan fingerprint density at radius 1 is 0.412 bits per heavy atom. The lowest BCUT2D eigenvalue weighted by Crippen LogP contribution is -2.30. The molecule has 0 aromatic rings. The number of rotatable bonds is 39. The van der Waals surface area contributed by atoms with Crippen molar-refractivity contribution < 1.29 is 28.6 Å². The van der Waals surface area contributed by atoms with Gasteiger partial charge in [0.25, 0.3) is 0 Å². The van der Waals surface area contributed by atoms with Gasteiger partial charge in [-0.3, -0.25) is 14.4 Å². The van der Waals surface area contributed by atoms with Crippen LogP contribution in [0.5, 0.6) is 0 Å². The molecule has 6 nitrogen and oxygen atoms in total. The average molecular weight is 723 g/mol. The number of carbonyl (C=O) groups is 3. The lowest BCUT2D eigenvalue weighted by molar-refractivity contribution is -0.167. The minimum Gasteiger partial charge on any atom is -0.462 e.